The third-order valence-electron chi connectivity index (χ3n) is 9.84. The molecule has 0 N–H and O–H groups in total. The first-order valence-corrected chi connectivity index (χ1v) is 18.3. The summed E-state index contributed by atoms with van der Waals surface area (Å²) in [4.78, 5) is 10.6. The minimum Gasteiger partial charge on any atom is -0.245 e. The second-order valence-electron chi connectivity index (χ2n) is 13.5. The predicted octanol–water partition coefficient (Wildman–Crippen LogP) is 13.8. The van der Waals surface area contributed by atoms with Crippen molar-refractivity contribution in [3.63, 3.8) is 0 Å². The summed E-state index contributed by atoms with van der Waals surface area (Å²) in [5.41, 5.74) is 7.59. The summed E-state index contributed by atoms with van der Waals surface area (Å²) < 4.78 is 0. The Labute approximate surface area is 315 Å². The van der Waals surface area contributed by atoms with Crippen LogP contribution in [0, 0.1) is 0 Å². The number of fused-ring (bicyclic) bond motifs is 4. The Morgan fingerprint density at radius 2 is 0.444 bits per heavy atom. The molecule has 0 aliphatic carbocycles. The van der Waals surface area contributed by atoms with E-state index in [0.717, 1.165) is 45.0 Å². The number of rotatable bonds is 8. The number of nitrogens with zero attached hydrogens (tertiary/aromatic N) is 2. The molecular formula is C52H36N2. The molecule has 0 saturated carbocycles. The molecule has 0 unspecified atom stereocenters. The van der Waals surface area contributed by atoms with Gasteiger partial charge in [-0.15, -0.1) is 0 Å². The predicted molar refractivity (Wildman–Crippen MR) is 234 cm³/mol. The molecule has 0 fully saturated rings. The van der Waals surface area contributed by atoms with Gasteiger partial charge in [-0.25, -0.2) is 9.97 Å². The van der Waals surface area contributed by atoms with Gasteiger partial charge < -0.3 is 0 Å². The van der Waals surface area contributed by atoms with E-state index in [1.807, 2.05) is 0 Å². The molecule has 254 valence electrons. The molecule has 0 atom stereocenters. The Balaban J connectivity index is 1.16. The fourth-order valence-electron chi connectivity index (χ4n) is 6.93. The zero-order valence-electron chi connectivity index (χ0n) is 29.7. The fourth-order valence-corrected chi connectivity index (χ4v) is 6.93. The average Bonchev–Trinajstić information content (AvgIpc) is 3.23. The Morgan fingerprint density at radius 1 is 0.222 bits per heavy atom. The number of hydrogen-bond donors (Lipinski definition) is 0. The van der Waals surface area contributed by atoms with Crippen LogP contribution in [0.15, 0.2) is 170 Å². The van der Waals surface area contributed by atoms with Crippen molar-refractivity contribution in [3.8, 4) is 0 Å². The van der Waals surface area contributed by atoms with Crippen LogP contribution in [0.1, 0.15) is 45.0 Å². The molecule has 8 aromatic carbocycles. The maximum Gasteiger partial charge on any atom is 0.0894 e. The maximum atomic E-state index is 5.31. The first-order valence-electron chi connectivity index (χ1n) is 18.3. The fraction of sp³-hybridized carbons (Fsp3) is 0. The van der Waals surface area contributed by atoms with Crippen LogP contribution in [0.25, 0.3) is 91.7 Å². The van der Waals surface area contributed by atoms with Gasteiger partial charge >= 0.3 is 0 Å². The summed E-state index contributed by atoms with van der Waals surface area (Å²) in [5.74, 6) is 0. The second-order valence-corrected chi connectivity index (χ2v) is 13.5. The second kappa shape index (κ2) is 14.8. The Hall–Kier alpha value is -7.16. The minimum absolute atomic E-state index is 0.793. The molecule has 2 nitrogen and oxygen atoms in total. The van der Waals surface area contributed by atoms with E-state index in [0.29, 0.717) is 0 Å². The molecule has 0 bridgehead atoms. The number of benzene rings is 8. The average molecular weight is 689 g/mol. The van der Waals surface area contributed by atoms with Crippen molar-refractivity contribution in [1.29, 1.82) is 0 Å². The number of hydrogen-bond acceptors (Lipinski definition) is 2. The van der Waals surface area contributed by atoms with E-state index in [9.17, 15) is 0 Å². The zero-order valence-corrected chi connectivity index (χ0v) is 29.7. The summed E-state index contributed by atoms with van der Waals surface area (Å²) in [6.07, 6.45) is 16.9. The Morgan fingerprint density at radius 3 is 0.685 bits per heavy atom. The van der Waals surface area contributed by atoms with Crippen LogP contribution < -0.4 is 0 Å². The van der Waals surface area contributed by atoms with Crippen molar-refractivity contribution in [2.45, 2.75) is 0 Å². The van der Waals surface area contributed by atoms with Crippen molar-refractivity contribution in [2.24, 2.45) is 0 Å². The first kappa shape index (κ1) is 32.7. The Kier molecular flexibility index (Phi) is 8.99. The summed E-state index contributed by atoms with van der Waals surface area (Å²) in [6, 6.07) is 59.9. The molecule has 9 rings (SSSR count). The van der Waals surface area contributed by atoms with E-state index in [4.69, 9.17) is 9.97 Å². The highest BCUT2D eigenvalue weighted by atomic mass is 14.8. The van der Waals surface area contributed by atoms with Crippen molar-refractivity contribution >= 4 is 91.7 Å². The molecule has 1 aromatic heterocycles. The van der Waals surface area contributed by atoms with Gasteiger partial charge in [0.1, 0.15) is 0 Å². The topological polar surface area (TPSA) is 25.8 Å². The normalized spacial score (nSPS) is 12.1. The minimum atomic E-state index is 0.793. The molecule has 0 saturated heterocycles. The summed E-state index contributed by atoms with van der Waals surface area (Å²) >= 11 is 0. The molecule has 0 aliphatic rings. The summed E-state index contributed by atoms with van der Waals surface area (Å²) in [7, 11) is 0. The van der Waals surface area contributed by atoms with Crippen molar-refractivity contribution < 1.29 is 0 Å². The smallest absolute Gasteiger partial charge is 0.0894 e. The van der Waals surface area contributed by atoms with Gasteiger partial charge in [-0.1, -0.05) is 170 Å². The van der Waals surface area contributed by atoms with Gasteiger partial charge in [0.2, 0.25) is 0 Å². The van der Waals surface area contributed by atoms with E-state index in [-0.39, 0.29) is 0 Å². The molecule has 0 spiro atoms. The van der Waals surface area contributed by atoms with Crippen molar-refractivity contribution in [3.05, 3.63) is 215 Å². The lowest BCUT2D eigenvalue weighted by Gasteiger charge is -2.08. The third-order valence-corrected chi connectivity index (χ3v) is 9.84. The van der Waals surface area contributed by atoms with E-state index in [1.165, 1.54) is 43.1 Å². The van der Waals surface area contributed by atoms with E-state index in [2.05, 4.69) is 218 Å². The quantitative estimate of drug-likeness (QED) is 0.159. The molecule has 1 heterocycles. The van der Waals surface area contributed by atoms with Gasteiger partial charge in [0, 0.05) is 0 Å². The van der Waals surface area contributed by atoms with E-state index < -0.39 is 0 Å². The van der Waals surface area contributed by atoms with Crippen LogP contribution in [-0.2, 0) is 0 Å². The van der Waals surface area contributed by atoms with Crippen LogP contribution in [0.3, 0.4) is 0 Å². The van der Waals surface area contributed by atoms with Crippen molar-refractivity contribution in [2.75, 3.05) is 0 Å². The van der Waals surface area contributed by atoms with Crippen LogP contribution in [-0.4, -0.2) is 9.97 Å². The van der Waals surface area contributed by atoms with Gasteiger partial charge in [-0.3, -0.25) is 0 Å². The monoisotopic (exact) mass is 688 g/mol. The van der Waals surface area contributed by atoms with Crippen LogP contribution in [0.2, 0.25) is 0 Å². The molecule has 54 heavy (non-hydrogen) atoms. The maximum absolute atomic E-state index is 5.31. The van der Waals surface area contributed by atoms with Gasteiger partial charge in [-0.05, 0) is 114 Å². The molecule has 0 aliphatic heterocycles. The molecule has 0 radical (unpaired) electrons. The van der Waals surface area contributed by atoms with Gasteiger partial charge in [0.05, 0.1) is 22.8 Å². The number of aromatic nitrogens is 2. The van der Waals surface area contributed by atoms with Gasteiger partial charge in [0.15, 0.2) is 0 Å². The molecule has 9 aromatic rings. The van der Waals surface area contributed by atoms with Gasteiger partial charge in [-0.2, -0.15) is 0 Å². The summed E-state index contributed by atoms with van der Waals surface area (Å²) in [5, 5.41) is 9.69. The largest absolute Gasteiger partial charge is 0.245 e. The standard InChI is InChI=1S/C52H36N2/c1-5-13-45-33-37(17-25-41(45)9-1)21-29-49-50(30-22-38-18-26-42-10-2-6-14-46(42)34-38)54-52(32-24-40-20-28-44-12-4-8-16-48(44)36-40)51(53-49)31-23-39-19-27-43-11-3-7-15-47(43)35-39/h1-36H. The summed E-state index contributed by atoms with van der Waals surface area (Å²) in [6.45, 7) is 0. The highest BCUT2D eigenvalue weighted by molar-refractivity contribution is 5.90. The lowest BCUT2D eigenvalue weighted by molar-refractivity contribution is 1.12. The molecule has 0 amide bonds. The highest BCUT2D eigenvalue weighted by Gasteiger charge is 2.09. The van der Waals surface area contributed by atoms with Crippen molar-refractivity contribution in [1.82, 2.24) is 9.97 Å². The highest BCUT2D eigenvalue weighted by Crippen LogP contribution is 2.25. The van der Waals surface area contributed by atoms with Crippen LogP contribution in [0.5, 0.6) is 0 Å². The molecule has 2 heteroatoms. The Bertz CT molecular complexity index is 2540. The molecular weight excluding hydrogens is 653 g/mol. The zero-order chi connectivity index (χ0) is 36.1. The van der Waals surface area contributed by atoms with E-state index in [1.54, 1.807) is 0 Å². The lowest BCUT2D eigenvalue weighted by Crippen LogP contribution is -2.00. The third kappa shape index (κ3) is 7.27. The van der Waals surface area contributed by atoms with E-state index >= 15 is 0 Å². The van der Waals surface area contributed by atoms with Crippen LogP contribution in [0.4, 0.5) is 0 Å². The SMILES string of the molecule is C(=Cc1nc(C=Cc2ccc3ccccc3c2)c(C=Cc2ccc3ccccc3c2)nc1C=Cc1ccc2ccccc2c1)c1ccc2ccccc2c1. The first-order chi connectivity index (χ1) is 26.7. The lowest BCUT2D eigenvalue weighted by atomic mass is 10.0. The van der Waals surface area contributed by atoms with Gasteiger partial charge in [0.25, 0.3) is 0 Å². The van der Waals surface area contributed by atoms with Crippen LogP contribution >= 0.6 is 0 Å².